The van der Waals surface area contributed by atoms with Crippen molar-refractivity contribution < 1.29 is 9.47 Å². The maximum atomic E-state index is 5.89. The minimum Gasteiger partial charge on any atom is -0.489 e. The molecule has 6 heteroatoms. The van der Waals surface area contributed by atoms with Crippen LogP contribution in [0.4, 0.5) is 0 Å². The highest BCUT2D eigenvalue weighted by Gasteiger charge is 2.13. The van der Waals surface area contributed by atoms with Gasteiger partial charge in [-0.1, -0.05) is 17.7 Å². The molecule has 0 bridgehead atoms. The molecular formula is C12H10BrClN2O2. The lowest BCUT2D eigenvalue weighted by Gasteiger charge is -2.10. The monoisotopic (exact) mass is 328 g/mol. The molecule has 0 aliphatic heterocycles. The van der Waals surface area contributed by atoms with Gasteiger partial charge in [0.1, 0.15) is 12.1 Å². The fraction of sp³-hybridized carbons (Fsp3) is 0.167. The van der Waals surface area contributed by atoms with Gasteiger partial charge in [0.25, 0.3) is 5.88 Å². The van der Waals surface area contributed by atoms with Gasteiger partial charge < -0.3 is 9.47 Å². The number of benzene rings is 1. The van der Waals surface area contributed by atoms with E-state index in [9.17, 15) is 0 Å². The molecule has 94 valence electrons. The van der Waals surface area contributed by atoms with Gasteiger partial charge in [0, 0.05) is 0 Å². The minimum absolute atomic E-state index is 0.214. The van der Waals surface area contributed by atoms with Gasteiger partial charge in [-0.25, -0.2) is 4.98 Å². The van der Waals surface area contributed by atoms with Crippen LogP contribution in [0, 0.1) is 6.92 Å². The van der Waals surface area contributed by atoms with Crippen LogP contribution < -0.4 is 9.47 Å². The lowest BCUT2D eigenvalue weighted by molar-refractivity contribution is 0.366. The van der Waals surface area contributed by atoms with Gasteiger partial charge in [-0.3, -0.25) is 0 Å². The van der Waals surface area contributed by atoms with Gasteiger partial charge in [0.15, 0.2) is 5.15 Å². The fourth-order valence-electron chi connectivity index (χ4n) is 1.37. The van der Waals surface area contributed by atoms with E-state index >= 15 is 0 Å². The molecule has 0 aliphatic rings. The second-order valence-corrected chi connectivity index (χ2v) is 4.75. The number of halogens is 2. The van der Waals surface area contributed by atoms with Crippen LogP contribution in [0.25, 0.3) is 0 Å². The van der Waals surface area contributed by atoms with Gasteiger partial charge in [-0.05, 0) is 40.5 Å². The maximum Gasteiger partial charge on any atom is 0.267 e. The Morgan fingerprint density at radius 2 is 2.06 bits per heavy atom. The van der Waals surface area contributed by atoms with Crippen molar-refractivity contribution >= 4 is 27.5 Å². The van der Waals surface area contributed by atoms with Crippen LogP contribution in [0.2, 0.25) is 5.15 Å². The Labute approximate surface area is 118 Å². The van der Waals surface area contributed by atoms with Crippen LogP contribution >= 0.6 is 27.5 Å². The SMILES string of the molecule is COc1c(Cl)ncnc1Oc1ccc(C)cc1Br. The molecule has 4 nitrogen and oxygen atoms in total. The molecule has 0 atom stereocenters. The van der Waals surface area contributed by atoms with Gasteiger partial charge >= 0.3 is 0 Å². The van der Waals surface area contributed by atoms with E-state index in [0.29, 0.717) is 11.5 Å². The summed E-state index contributed by atoms with van der Waals surface area (Å²) in [5, 5.41) is 0.214. The first-order valence-corrected chi connectivity index (χ1v) is 6.27. The lowest BCUT2D eigenvalue weighted by atomic mass is 10.2. The molecule has 0 radical (unpaired) electrons. The normalized spacial score (nSPS) is 10.2. The van der Waals surface area contributed by atoms with Crippen molar-refractivity contribution in [2.45, 2.75) is 6.92 Å². The molecule has 0 aliphatic carbocycles. The Kier molecular flexibility index (Phi) is 4.04. The Hall–Kier alpha value is -1.33. The molecular weight excluding hydrogens is 320 g/mol. The fourth-order valence-corrected chi connectivity index (χ4v) is 2.15. The van der Waals surface area contributed by atoms with Crippen LogP contribution in [-0.4, -0.2) is 17.1 Å². The van der Waals surface area contributed by atoms with E-state index in [-0.39, 0.29) is 11.0 Å². The van der Waals surface area contributed by atoms with Gasteiger partial charge in [-0.2, -0.15) is 4.98 Å². The molecule has 0 fully saturated rings. The number of methoxy groups -OCH3 is 1. The third kappa shape index (κ3) is 2.73. The summed E-state index contributed by atoms with van der Waals surface area (Å²) in [6.45, 7) is 2.00. The summed E-state index contributed by atoms with van der Waals surface area (Å²) in [4.78, 5) is 7.83. The number of hydrogen-bond donors (Lipinski definition) is 0. The average Bonchev–Trinajstić information content (AvgIpc) is 2.33. The van der Waals surface area contributed by atoms with Crippen molar-refractivity contribution in [1.29, 1.82) is 0 Å². The predicted octanol–water partition coefficient (Wildman–Crippen LogP) is 4.00. The maximum absolute atomic E-state index is 5.89. The minimum atomic E-state index is 0.214. The molecule has 1 aromatic carbocycles. The molecule has 0 N–H and O–H groups in total. The first kappa shape index (κ1) is 13.1. The predicted molar refractivity (Wildman–Crippen MR) is 72.5 cm³/mol. The first-order valence-electron chi connectivity index (χ1n) is 5.10. The zero-order chi connectivity index (χ0) is 13.1. The third-order valence-electron chi connectivity index (χ3n) is 2.23. The third-order valence-corrected chi connectivity index (χ3v) is 3.11. The largest absolute Gasteiger partial charge is 0.489 e. The number of aromatic nitrogens is 2. The van der Waals surface area contributed by atoms with Crippen LogP contribution in [-0.2, 0) is 0 Å². The Bertz CT molecular complexity index is 578. The summed E-state index contributed by atoms with van der Waals surface area (Å²) >= 11 is 9.32. The molecule has 0 spiro atoms. The van der Waals surface area contributed by atoms with Gasteiger partial charge in [0.05, 0.1) is 11.6 Å². The molecule has 0 unspecified atom stereocenters. The summed E-state index contributed by atoms with van der Waals surface area (Å²) in [6, 6.07) is 5.73. The molecule has 2 aromatic rings. The molecule has 1 aromatic heterocycles. The summed E-state index contributed by atoms with van der Waals surface area (Å²) in [5.41, 5.74) is 1.13. The number of aryl methyl sites for hydroxylation is 1. The number of nitrogens with zero attached hydrogens (tertiary/aromatic N) is 2. The number of rotatable bonds is 3. The highest BCUT2D eigenvalue weighted by atomic mass is 79.9. The highest BCUT2D eigenvalue weighted by molar-refractivity contribution is 9.10. The molecule has 2 rings (SSSR count). The summed E-state index contributed by atoms with van der Waals surface area (Å²) < 4.78 is 11.6. The first-order chi connectivity index (χ1) is 8.61. The van der Waals surface area contributed by atoms with E-state index in [1.807, 2.05) is 25.1 Å². The van der Waals surface area contributed by atoms with Gasteiger partial charge in [-0.15, -0.1) is 0 Å². The van der Waals surface area contributed by atoms with Crippen molar-refractivity contribution in [2.24, 2.45) is 0 Å². The van der Waals surface area contributed by atoms with E-state index in [0.717, 1.165) is 10.0 Å². The standard InChI is InChI=1S/C12H10BrClN2O2/c1-7-3-4-9(8(13)5-7)18-12-10(17-2)11(14)15-6-16-12/h3-6H,1-2H3. The average molecular weight is 330 g/mol. The summed E-state index contributed by atoms with van der Waals surface area (Å²) in [6.07, 6.45) is 1.32. The smallest absolute Gasteiger partial charge is 0.267 e. The van der Waals surface area contributed by atoms with E-state index in [4.69, 9.17) is 21.1 Å². The van der Waals surface area contributed by atoms with E-state index in [1.54, 1.807) is 0 Å². The highest BCUT2D eigenvalue weighted by Crippen LogP contribution is 2.36. The zero-order valence-electron chi connectivity index (χ0n) is 9.78. The van der Waals surface area contributed by atoms with Crippen LogP contribution in [0.1, 0.15) is 5.56 Å². The van der Waals surface area contributed by atoms with Crippen molar-refractivity contribution in [3.05, 3.63) is 39.7 Å². The number of hydrogen-bond acceptors (Lipinski definition) is 4. The van der Waals surface area contributed by atoms with Crippen LogP contribution in [0.5, 0.6) is 17.4 Å². The topological polar surface area (TPSA) is 44.2 Å². The second kappa shape index (κ2) is 5.54. The van der Waals surface area contributed by atoms with E-state index < -0.39 is 0 Å². The summed E-state index contributed by atoms with van der Waals surface area (Å²) in [7, 11) is 1.49. The Morgan fingerprint density at radius 1 is 1.28 bits per heavy atom. The van der Waals surface area contributed by atoms with E-state index in [2.05, 4.69) is 25.9 Å². The molecule has 0 saturated heterocycles. The van der Waals surface area contributed by atoms with E-state index in [1.165, 1.54) is 13.4 Å². The van der Waals surface area contributed by atoms with Crippen LogP contribution in [0.15, 0.2) is 29.0 Å². The molecule has 18 heavy (non-hydrogen) atoms. The zero-order valence-corrected chi connectivity index (χ0v) is 12.1. The molecule has 0 amide bonds. The lowest BCUT2D eigenvalue weighted by Crippen LogP contribution is -1.96. The number of ether oxygens (including phenoxy) is 2. The van der Waals surface area contributed by atoms with Crippen molar-refractivity contribution in [3.8, 4) is 17.4 Å². The Balaban J connectivity index is 2.37. The van der Waals surface area contributed by atoms with Crippen molar-refractivity contribution in [3.63, 3.8) is 0 Å². The second-order valence-electron chi connectivity index (χ2n) is 3.54. The van der Waals surface area contributed by atoms with Crippen molar-refractivity contribution in [2.75, 3.05) is 7.11 Å². The quantitative estimate of drug-likeness (QED) is 0.798. The molecule has 0 saturated carbocycles. The van der Waals surface area contributed by atoms with Gasteiger partial charge in [0.2, 0.25) is 5.75 Å². The summed E-state index contributed by atoms with van der Waals surface area (Å²) in [5.74, 6) is 1.22. The Morgan fingerprint density at radius 3 is 2.72 bits per heavy atom. The molecule has 1 heterocycles. The van der Waals surface area contributed by atoms with Crippen molar-refractivity contribution in [1.82, 2.24) is 9.97 Å². The van der Waals surface area contributed by atoms with Crippen LogP contribution in [0.3, 0.4) is 0 Å².